The lowest BCUT2D eigenvalue weighted by Gasteiger charge is -2.07. The largest absolute Gasteiger partial charge is 0.492 e. The molecule has 17 heavy (non-hydrogen) atoms. The normalized spacial score (nSPS) is 13.2. The van der Waals surface area contributed by atoms with Crippen molar-refractivity contribution in [3.8, 4) is 16.9 Å². The van der Waals surface area contributed by atoms with E-state index in [0.717, 1.165) is 28.9 Å². The summed E-state index contributed by atoms with van der Waals surface area (Å²) >= 11 is 1.24. The van der Waals surface area contributed by atoms with Crippen molar-refractivity contribution in [1.29, 1.82) is 0 Å². The highest BCUT2D eigenvalue weighted by Crippen LogP contribution is 2.39. The van der Waals surface area contributed by atoms with Crippen LogP contribution in [0.25, 0.3) is 11.1 Å². The molecule has 0 saturated heterocycles. The summed E-state index contributed by atoms with van der Waals surface area (Å²) in [6, 6.07) is 7.73. The predicted molar refractivity (Wildman–Crippen MR) is 65.9 cm³/mol. The molecular formula is C13H10O3S. The van der Waals surface area contributed by atoms with E-state index in [1.54, 1.807) is 5.38 Å². The van der Waals surface area contributed by atoms with Crippen molar-refractivity contribution in [1.82, 2.24) is 0 Å². The molecule has 0 amide bonds. The lowest BCUT2D eigenvalue weighted by Crippen LogP contribution is -1.95. The summed E-state index contributed by atoms with van der Waals surface area (Å²) < 4.78 is 5.60. The number of carboxylic acid groups (broad SMARTS) is 1. The number of ether oxygens (including phenoxy) is 1. The number of rotatable bonds is 2. The lowest BCUT2D eigenvalue weighted by atomic mass is 10.0. The minimum atomic E-state index is -0.884. The highest BCUT2D eigenvalue weighted by atomic mass is 32.1. The number of thiophene rings is 1. The molecule has 86 valence electrons. The van der Waals surface area contributed by atoms with Crippen molar-refractivity contribution in [3.05, 3.63) is 40.1 Å². The van der Waals surface area contributed by atoms with E-state index in [1.165, 1.54) is 11.3 Å². The minimum absolute atomic E-state index is 0.369. The van der Waals surface area contributed by atoms with Crippen LogP contribution in [-0.2, 0) is 6.42 Å². The molecule has 2 aromatic rings. The SMILES string of the molecule is O=C(O)c1sccc1-c1cccc2c1OCC2. The number of hydrogen-bond acceptors (Lipinski definition) is 3. The zero-order valence-corrected chi connectivity index (χ0v) is 9.79. The van der Waals surface area contributed by atoms with E-state index in [9.17, 15) is 4.79 Å². The summed E-state index contributed by atoms with van der Waals surface area (Å²) in [6.07, 6.45) is 0.899. The molecule has 0 atom stereocenters. The number of benzene rings is 1. The van der Waals surface area contributed by atoms with Gasteiger partial charge < -0.3 is 9.84 Å². The first-order chi connectivity index (χ1) is 8.27. The Balaban J connectivity index is 2.19. The molecule has 0 unspecified atom stereocenters. The molecule has 3 nitrogen and oxygen atoms in total. The molecule has 3 rings (SSSR count). The molecule has 1 aromatic heterocycles. The van der Waals surface area contributed by atoms with Gasteiger partial charge in [-0.25, -0.2) is 4.79 Å². The van der Waals surface area contributed by atoms with Gasteiger partial charge in [-0.1, -0.05) is 18.2 Å². The predicted octanol–water partition coefficient (Wildman–Crippen LogP) is 3.05. The van der Waals surface area contributed by atoms with E-state index in [2.05, 4.69) is 0 Å². The molecule has 0 radical (unpaired) electrons. The summed E-state index contributed by atoms with van der Waals surface area (Å²) in [5.41, 5.74) is 2.80. The third-order valence-electron chi connectivity index (χ3n) is 2.86. The van der Waals surface area contributed by atoms with E-state index in [4.69, 9.17) is 9.84 Å². The average Bonchev–Trinajstić information content (AvgIpc) is 2.97. The van der Waals surface area contributed by atoms with Crippen LogP contribution < -0.4 is 4.74 Å². The van der Waals surface area contributed by atoms with Crippen LogP contribution in [0.2, 0.25) is 0 Å². The van der Waals surface area contributed by atoms with Crippen LogP contribution in [0, 0.1) is 0 Å². The van der Waals surface area contributed by atoms with Gasteiger partial charge in [-0.2, -0.15) is 0 Å². The van der Waals surface area contributed by atoms with E-state index in [0.29, 0.717) is 11.5 Å². The molecule has 1 N–H and O–H groups in total. The Morgan fingerprint density at radius 2 is 2.18 bits per heavy atom. The minimum Gasteiger partial charge on any atom is -0.492 e. The van der Waals surface area contributed by atoms with Crippen molar-refractivity contribution < 1.29 is 14.6 Å². The summed E-state index contributed by atoms with van der Waals surface area (Å²) in [4.78, 5) is 11.5. The van der Waals surface area contributed by atoms with Gasteiger partial charge in [0.2, 0.25) is 0 Å². The van der Waals surface area contributed by atoms with E-state index in [-0.39, 0.29) is 0 Å². The molecule has 0 spiro atoms. The second-order valence-corrected chi connectivity index (χ2v) is 4.78. The van der Waals surface area contributed by atoms with Gasteiger partial charge in [0.1, 0.15) is 10.6 Å². The zero-order valence-electron chi connectivity index (χ0n) is 8.97. The second kappa shape index (κ2) is 3.89. The molecule has 2 heterocycles. The van der Waals surface area contributed by atoms with Crippen LogP contribution in [-0.4, -0.2) is 17.7 Å². The maximum Gasteiger partial charge on any atom is 0.346 e. The molecule has 1 aliphatic rings. The number of hydrogen-bond donors (Lipinski definition) is 1. The Labute approximate surface area is 102 Å². The summed E-state index contributed by atoms with van der Waals surface area (Å²) in [5.74, 6) is -0.0426. The third kappa shape index (κ3) is 1.61. The monoisotopic (exact) mass is 246 g/mol. The van der Waals surface area contributed by atoms with Crippen LogP contribution in [0.4, 0.5) is 0 Å². The van der Waals surface area contributed by atoms with E-state index in [1.807, 2.05) is 24.3 Å². The highest BCUT2D eigenvalue weighted by Gasteiger charge is 2.21. The summed E-state index contributed by atoms with van der Waals surface area (Å²) in [6.45, 7) is 0.679. The molecular weight excluding hydrogens is 236 g/mol. The molecule has 4 heteroatoms. The Morgan fingerprint density at radius 1 is 1.29 bits per heavy atom. The molecule has 0 saturated carbocycles. The number of carboxylic acids is 1. The van der Waals surface area contributed by atoms with E-state index >= 15 is 0 Å². The quantitative estimate of drug-likeness (QED) is 0.885. The molecule has 0 aliphatic carbocycles. The van der Waals surface area contributed by atoms with Gasteiger partial charge in [-0.05, 0) is 17.0 Å². The summed E-state index contributed by atoms with van der Waals surface area (Å²) in [7, 11) is 0. The van der Waals surface area contributed by atoms with Crippen LogP contribution >= 0.6 is 11.3 Å². The molecule has 0 bridgehead atoms. The maximum absolute atomic E-state index is 11.1. The summed E-state index contributed by atoms with van der Waals surface area (Å²) in [5, 5.41) is 10.9. The van der Waals surface area contributed by atoms with Gasteiger partial charge in [-0.15, -0.1) is 11.3 Å². The van der Waals surface area contributed by atoms with Crippen molar-refractivity contribution in [2.45, 2.75) is 6.42 Å². The fourth-order valence-corrected chi connectivity index (χ4v) is 2.86. The third-order valence-corrected chi connectivity index (χ3v) is 3.77. The number of carbonyl (C=O) groups is 1. The molecule has 1 aromatic carbocycles. The molecule has 0 fully saturated rings. The average molecular weight is 246 g/mol. The first kappa shape index (κ1) is 10.4. The van der Waals surface area contributed by atoms with Gasteiger partial charge in [0.05, 0.1) is 6.61 Å². The molecule has 1 aliphatic heterocycles. The topological polar surface area (TPSA) is 46.5 Å². The van der Waals surface area contributed by atoms with Crippen LogP contribution in [0.15, 0.2) is 29.6 Å². The van der Waals surface area contributed by atoms with Crippen LogP contribution in [0.3, 0.4) is 0 Å². The first-order valence-corrected chi connectivity index (χ1v) is 6.21. The van der Waals surface area contributed by atoms with Crippen molar-refractivity contribution in [3.63, 3.8) is 0 Å². The second-order valence-electron chi connectivity index (χ2n) is 3.86. The van der Waals surface area contributed by atoms with Gasteiger partial charge in [0.25, 0.3) is 0 Å². The van der Waals surface area contributed by atoms with Crippen molar-refractivity contribution in [2.24, 2.45) is 0 Å². The highest BCUT2D eigenvalue weighted by molar-refractivity contribution is 7.12. The Hall–Kier alpha value is -1.81. The zero-order chi connectivity index (χ0) is 11.8. The van der Waals surface area contributed by atoms with Crippen molar-refractivity contribution in [2.75, 3.05) is 6.61 Å². The Kier molecular flexibility index (Phi) is 2.37. The van der Waals surface area contributed by atoms with Gasteiger partial charge >= 0.3 is 5.97 Å². The standard InChI is InChI=1S/C13H10O3S/c14-13(15)12-10(5-7-17-12)9-3-1-2-8-4-6-16-11(8)9/h1-3,5,7H,4,6H2,(H,14,15). The van der Waals surface area contributed by atoms with Crippen LogP contribution in [0.5, 0.6) is 5.75 Å². The number of para-hydroxylation sites is 1. The van der Waals surface area contributed by atoms with Gasteiger partial charge in [0.15, 0.2) is 0 Å². The Bertz CT molecular complexity index is 586. The first-order valence-electron chi connectivity index (χ1n) is 5.33. The maximum atomic E-state index is 11.1. The number of fused-ring (bicyclic) bond motifs is 1. The fourth-order valence-electron chi connectivity index (χ4n) is 2.11. The Morgan fingerprint density at radius 3 is 3.00 bits per heavy atom. The van der Waals surface area contributed by atoms with Crippen molar-refractivity contribution >= 4 is 17.3 Å². The van der Waals surface area contributed by atoms with Gasteiger partial charge in [-0.3, -0.25) is 0 Å². The number of aromatic carboxylic acids is 1. The van der Waals surface area contributed by atoms with E-state index < -0.39 is 5.97 Å². The van der Waals surface area contributed by atoms with Crippen LogP contribution in [0.1, 0.15) is 15.2 Å². The lowest BCUT2D eigenvalue weighted by molar-refractivity contribution is 0.0703. The smallest absolute Gasteiger partial charge is 0.346 e. The fraction of sp³-hybridized carbons (Fsp3) is 0.154. The van der Waals surface area contributed by atoms with Gasteiger partial charge in [0, 0.05) is 17.5 Å².